The summed E-state index contributed by atoms with van der Waals surface area (Å²) in [6.07, 6.45) is 6.97. The molecule has 4 rings (SSSR count). The Morgan fingerprint density at radius 2 is 1.85 bits per heavy atom. The number of likely N-dealkylation sites (tertiary alicyclic amines) is 1. The molecular formula is C31H42BrN3O4S. The van der Waals surface area contributed by atoms with Crippen LogP contribution in [0.4, 0.5) is 0 Å². The molecule has 0 aromatic heterocycles. The maximum Gasteiger partial charge on any atom is 0.247 e. The summed E-state index contributed by atoms with van der Waals surface area (Å²) in [5, 5.41) is 10.0. The molecule has 7 nitrogen and oxygen atoms in total. The zero-order valence-corrected chi connectivity index (χ0v) is 26.0. The Morgan fingerprint density at radius 3 is 2.48 bits per heavy atom. The molecule has 2 bridgehead atoms. The second kappa shape index (κ2) is 13.3. The molecule has 3 fully saturated rings. The van der Waals surface area contributed by atoms with Gasteiger partial charge in [0.05, 0.1) is 29.2 Å². The summed E-state index contributed by atoms with van der Waals surface area (Å²) in [4.78, 5) is 48.1. The van der Waals surface area contributed by atoms with Gasteiger partial charge in [-0.2, -0.15) is 0 Å². The molecule has 3 aliphatic heterocycles. The predicted molar refractivity (Wildman–Crippen MR) is 164 cm³/mol. The molecule has 3 unspecified atom stereocenters. The average molecular weight is 633 g/mol. The molecule has 1 aromatic rings. The molecule has 3 aliphatic rings. The van der Waals surface area contributed by atoms with Gasteiger partial charge in [-0.05, 0) is 25.3 Å². The third-order valence-corrected chi connectivity index (χ3v) is 11.8. The number of fused-ring (bicyclic) bond motifs is 1. The van der Waals surface area contributed by atoms with Gasteiger partial charge < -0.3 is 19.8 Å². The minimum Gasteiger partial charge on any atom is -0.394 e. The van der Waals surface area contributed by atoms with Crippen LogP contribution in [0.1, 0.15) is 45.1 Å². The molecular weight excluding hydrogens is 590 g/mol. The van der Waals surface area contributed by atoms with E-state index in [1.165, 1.54) is 0 Å². The van der Waals surface area contributed by atoms with Crippen molar-refractivity contribution in [1.29, 1.82) is 0 Å². The highest BCUT2D eigenvalue weighted by molar-refractivity contribution is 9.09. The molecule has 1 aromatic carbocycles. The van der Waals surface area contributed by atoms with Gasteiger partial charge in [-0.3, -0.25) is 14.4 Å². The van der Waals surface area contributed by atoms with Gasteiger partial charge in [0.25, 0.3) is 0 Å². The number of aliphatic hydroxyl groups excluding tert-OH is 1. The number of unbranched alkanes of at least 4 members (excludes halogenated alkanes) is 2. The number of amides is 3. The minimum atomic E-state index is -0.747. The molecule has 1 spiro atoms. The first-order valence-electron chi connectivity index (χ1n) is 14.3. The van der Waals surface area contributed by atoms with E-state index in [2.05, 4.69) is 36.0 Å². The van der Waals surface area contributed by atoms with Crippen LogP contribution in [0.5, 0.6) is 0 Å². The Hall–Kier alpha value is -2.10. The topological polar surface area (TPSA) is 81.2 Å². The molecule has 1 N–H and O–H groups in total. The van der Waals surface area contributed by atoms with Gasteiger partial charge in [0.1, 0.15) is 6.04 Å². The van der Waals surface area contributed by atoms with E-state index in [4.69, 9.17) is 0 Å². The summed E-state index contributed by atoms with van der Waals surface area (Å²) in [6.45, 7) is 13.2. The van der Waals surface area contributed by atoms with E-state index in [1.807, 2.05) is 30.3 Å². The van der Waals surface area contributed by atoms with Crippen LogP contribution in [0.15, 0.2) is 55.6 Å². The van der Waals surface area contributed by atoms with Gasteiger partial charge in [-0.15, -0.1) is 24.9 Å². The van der Waals surface area contributed by atoms with Crippen molar-refractivity contribution in [3.05, 3.63) is 61.2 Å². The lowest BCUT2D eigenvalue weighted by Crippen LogP contribution is -2.57. The highest BCUT2D eigenvalue weighted by atomic mass is 79.9. The zero-order chi connectivity index (χ0) is 29.0. The summed E-state index contributed by atoms with van der Waals surface area (Å²) in [5.41, 5.74) is 1.01. The van der Waals surface area contributed by atoms with E-state index < -0.39 is 28.7 Å². The smallest absolute Gasteiger partial charge is 0.247 e. The van der Waals surface area contributed by atoms with Crippen molar-refractivity contribution in [1.82, 2.24) is 14.7 Å². The van der Waals surface area contributed by atoms with Crippen molar-refractivity contribution in [2.75, 3.05) is 26.2 Å². The number of thioether (sulfide) groups is 1. The average Bonchev–Trinajstić information content (AvgIpc) is 3.55. The number of benzene rings is 1. The molecule has 3 amide bonds. The molecule has 7 atom stereocenters. The number of carbonyl (C=O) groups excluding carboxylic acids is 3. The second-order valence-corrected chi connectivity index (χ2v) is 13.9. The number of aliphatic hydroxyl groups is 1. The Morgan fingerprint density at radius 1 is 1.18 bits per heavy atom. The quantitative estimate of drug-likeness (QED) is 0.189. The van der Waals surface area contributed by atoms with Crippen molar-refractivity contribution in [3.8, 4) is 0 Å². The van der Waals surface area contributed by atoms with Crippen molar-refractivity contribution in [2.24, 2.45) is 11.8 Å². The monoisotopic (exact) mass is 631 g/mol. The number of nitrogens with zero attached hydrogens (tertiary/aromatic N) is 3. The van der Waals surface area contributed by atoms with Gasteiger partial charge in [0, 0.05) is 36.3 Å². The first-order chi connectivity index (χ1) is 19.2. The third-order valence-electron chi connectivity index (χ3n) is 8.56. The zero-order valence-electron chi connectivity index (χ0n) is 23.6. The Balaban J connectivity index is 1.72. The minimum absolute atomic E-state index is 0.00886. The standard InChI is InChI=1S/C31H42BrN3O4S/c1-5-8-12-17-33(15-6-2)30(39)27-31-18-23(32)26(40-31)24(25(31)29(38)35(27)21(4)20-36)28(37)34(16-7-3)19-22-13-10-9-11-14-22/h6-7,9-11,13-14,21,23-27,36H,2-3,5,8,12,15-20H2,1,4H3/t21-,23?,24-,25+,26-,27?,31?/m1/s1. The van der Waals surface area contributed by atoms with Crippen molar-refractivity contribution in [3.63, 3.8) is 0 Å². The van der Waals surface area contributed by atoms with Crippen LogP contribution in [0.2, 0.25) is 0 Å². The van der Waals surface area contributed by atoms with Crippen LogP contribution in [0.25, 0.3) is 0 Å². The lowest BCUT2D eigenvalue weighted by atomic mass is 9.70. The fourth-order valence-corrected chi connectivity index (χ4v) is 10.4. The lowest BCUT2D eigenvalue weighted by Gasteiger charge is -2.39. The largest absolute Gasteiger partial charge is 0.394 e. The van der Waals surface area contributed by atoms with Crippen LogP contribution < -0.4 is 0 Å². The van der Waals surface area contributed by atoms with Crippen LogP contribution >= 0.6 is 27.7 Å². The van der Waals surface area contributed by atoms with E-state index >= 15 is 0 Å². The first-order valence-corrected chi connectivity index (χ1v) is 16.1. The van der Waals surface area contributed by atoms with Crippen molar-refractivity contribution >= 4 is 45.4 Å². The van der Waals surface area contributed by atoms with Crippen LogP contribution in [0.3, 0.4) is 0 Å². The molecule has 218 valence electrons. The van der Waals surface area contributed by atoms with Gasteiger partial charge in [-0.25, -0.2) is 0 Å². The Labute approximate surface area is 251 Å². The number of hydrogen-bond donors (Lipinski definition) is 1. The third kappa shape index (κ3) is 5.53. The number of hydrogen-bond acceptors (Lipinski definition) is 5. The SMILES string of the molecule is C=CCN(CCCCC)C(=O)C1N([C@H](C)CO)C(=O)[C@@H]2[C@@H](C(=O)N(CC=C)Cc3ccccc3)[C@@H]3SC12CC3Br. The summed E-state index contributed by atoms with van der Waals surface area (Å²) < 4.78 is -0.743. The lowest BCUT2D eigenvalue weighted by molar-refractivity contribution is -0.146. The molecule has 3 heterocycles. The van der Waals surface area contributed by atoms with Crippen molar-refractivity contribution < 1.29 is 19.5 Å². The highest BCUT2D eigenvalue weighted by Gasteiger charge is 2.76. The molecule has 3 saturated heterocycles. The maximum atomic E-state index is 14.4. The summed E-state index contributed by atoms with van der Waals surface area (Å²) >= 11 is 5.48. The van der Waals surface area contributed by atoms with Crippen LogP contribution in [-0.2, 0) is 20.9 Å². The van der Waals surface area contributed by atoms with E-state index in [9.17, 15) is 19.5 Å². The molecule has 40 heavy (non-hydrogen) atoms. The van der Waals surface area contributed by atoms with E-state index in [1.54, 1.807) is 45.5 Å². The Bertz CT molecular complexity index is 1100. The van der Waals surface area contributed by atoms with E-state index in [0.717, 1.165) is 24.8 Å². The van der Waals surface area contributed by atoms with Gasteiger partial charge in [-0.1, -0.05) is 78.2 Å². The summed E-state index contributed by atoms with van der Waals surface area (Å²) in [6, 6.07) is 8.52. The fourth-order valence-electron chi connectivity index (χ4n) is 6.77. The number of alkyl halides is 1. The van der Waals surface area contributed by atoms with E-state index in [-0.39, 0.29) is 34.4 Å². The molecule has 9 heteroatoms. The van der Waals surface area contributed by atoms with Gasteiger partial charge in [0.15, 0.2) is 0 Å². The van der Waals surface area contributed by atoms with Crippen LogP contribution in [-0.4, -0.2) is 90.7 Å². The van der Waals surface area contributed by atoms with Crippen LogP contribution in [0, 0.1) is 11.8 Å². The fraction of sp³-hybridized carbons (Fsp3) is 0.581. The highest BCUT2D eigenvalue weighted by Crippen LogP contribution is 2.68. The molecule has 0 radical (unpaired) electrons. The van der Waals surface area contributed by atoms with Crippen molar-refractivity contribution in [2.45, 2.75) is 73.0 Å². The van der Waals surface area contributed by atoms with E-state index in [0.29, 0.717) is 32.6 Å². The number of rotatable bonds is 14. The first kappa shape index (κ1) is 30.8. The maximum absolute atomic E-state index is 14.4. The predicted octanol–water partition coefficient (Wildman–Crippen LogP) is 4.25. The summed E-state index contributed by atoms with van der Waals surface area (Å²) in [7, 11) is 0. The van der Waals surface area contributed by atoms with Gasteiger partial charge >= 0.3 is 0 Å². The molecule has 0 aliphatic carbocycles. The van der Waals surface area contributed by atoms with Gasteiger partial charge in [0.2, 0.25) is 17.7 Å². The number of halogens is 1. The normalized spacial score (nSPS) is 29.2. The summed E-state index contributed by atoms with van der Waals surface area (Å²) in [5.74, 6) is -1.59. The second-order valence-electron chi connectivity index (χ2n) is 11.2. The molecule has 0 saturated carbocycles. The number of carbonyl (C=O) groups is 3. The Kier molecular flexibility index (Phi) is 10.2.